The molecule has 0 radical (unpaired) electrons. The van der Waals surface area contributed by atoms with E-state index < -0.39 is 0 Å². The minimum atomic E-state index is -0.0673. The van der Waals surface area contributed by atoms with Gasteiger partial charge in [0.2, 0.25) is 0 Å². The van der Waals surface area contributed by atoms with Crippen LogP contribution in [-0.2, 0) is 4.74 Å². The van der Waals surface area contributed by atoms with Gasteiger partial charge in [-0.25, -0.2) is 4.98 Å². The molecular formula is C20H21N3O2. The second-order valence-electron chi connectivity index (χ2n) is 6.53. The number of carbonyl (C=O) groups is 1. The summed E-state index contributed by atoms with van der Waals surface area (Å²) in [5, 5.41) is 2.94. The predicted octanol–water partition coefficient (Wildman–Crippen LogP) is 3.45. The monoisotopic (exact) mass is 335 g/mol. The fraction of sp³-hybridized carbons (Fsp3) is 0.300. The lowest BCUT2D eigenvalue weighted by Crippen LogP contribution is -2.31. The first-order valence-electron chi connectivity index (χ1n) is 8.66. The van der Waals surface area contributed by atoms with Crippen LogP contribution in [0.3, 0.4) is 0 Å². The number of benzene rings is 2. The van der Waals surface area contributed by atoms with Crippen molar-refractivity contribution in [3.05, 3.63) is 53.6 Å². The summed E-state index contributed by atoms with van der Waals surface area (Å²) < 4.78 is 5.53. The molecule has 4 rings (SSSR count). The Kier molecular flexibility index (Phi) is 4.24. The van der Waals surface area contributed by atoms with Crippen molar-refractivity contribution in [3.63, 3.8) is 0 Å². The van der Waals surface area contributed by atoms with Gasteiger partial charge in [-0.1, -0.05) is 18.2 Å². The highest BCUT2D eigenvalue weighted by Gasteiger charge is 2.16. The number of carbonyl (C=O) groups excluding carboxylic acids is 1. The van der Waals surface area contributed by atoms with Crippen LogP contribution in [-0.4, -0.2) is 35.1 Å². The summed E-state index contributed by atoms with van der Waals surface area (Å²) in [7, 11) is 0. The van der Waals surface area contributed by atoms with Crippen LogP contribution in [0.25, 0.3) is 22.4 Å². The Labute approximate surface area is 146 Å². The molecule has 1 aliphatic heterocycles. The summed E-state index contributed by atoms with van der Waals surface area (Å²) in [5.41, 5.74) is 4.77. The number of hydrogen-bond acceptors (Lipinski definition) is 3. The van der Waals surface area contributed by atoms with Crippen LogP contribution in [0.15, 0.2) is 42.5 Å². The van der Waals surface area contributed by atoms with E-state index in [1.807, 2.05) is 30.3 Å². The maximum atomic E-state index is 12.2. The predicted molar refractivity (Wildman–Crippen MR) is 97.6 cm³/mol. The number of ether oxygens (including phenoxy) is 1. The Morgan fingerprint density at radius 2 is 2.12 bits per heavy atom. The summed E-state index contributed by atoms with van der Waals surface area (Å²) in [5.74, 6) is 0.745. The SMILES string of the molecule is Cc1ccc2nc(-c3ccc(C(=O)NCC4CCCO4)cc3)[nH]c2c1. The fourth-order valence-electron chi connectivity index (χ4n) is 3.15. The number of fused-ring (bicyclic) bond motifs is 1. The van der Waals surface area contributed by atoms with Crippen LogP contribution in [0.1, 0.15) is 28.8 Å². The number of nitrogens with one attached hydrogen (secondary N) is 2. The number of aromatic amines is 1. The van der Waals surface area contributed by atoms with E-state index in [2.05, 4.69) is 34.3 Å². The van der Waals surface area contributed by atoms with Crippen LogP contribution < -0.4 is 5.32 Å². The van der Waals surface area contributed by atoms with Crippen molar-refractivity contribution in [1.82, 2.24) is 15.3 Å². The molecule has 0 saturated carbocycles. The standard InChI is InChI=1S/C20H21N3O2/c1-13-4-9-17-18(11-13)23-19(22-17)14-5-7-15(8-6-14)20(24)21-12-16-3-2-10-25-16/h4-9,11,16H,2-3,10,12H2,1H3,(H,21,24)(H,22,23). The van der Waals surface area contributed by atoms with Gasteiger partial charge in [-0.05, 0) is 49.6 Å². The molecule has 1 aliphatic rings. The summed E-state index contributed by atoms with van der Waals surface area (Å²) in [6, 6.07) is 13.7. The Morgan fingerprint density at radius 3 is 2.88 bits per heavy atom. The molecular weight excluding hydrogens is 314 g/mol. The van der Waals surface area contributed by atoms with E-state index in [-0.39, 0.29) is 12.0 Å². The van der Waals surface area contributed by atoms with Crippen LogP contribution in [0.4, 0.5) is 0 Å². The lowest BCUT2D eigenvalue weighted by atomic mass is 10.1. The molecule has 1 unspecified atom stereocenters. The van der Waals surface area contributed by atoms with Gasteiger partial charge < -0.3 is 15.0 Å². The molecule has 1 saturated heterocycles. The molecule has 0 spiro atoms. The molecule has 5 nitrogen and oxygen atoms in total. The van der Waals surface area contributed by atoms with Crippen LogP contribution >= 0.6 is 0 Å². The van der Waals surface area contributed by atoms with Gasteiger partial charge in [-0.15, -0.1) is 0 Å². The molecule has 1 amide bonds. The Hall–Kier alpha value is -2.66. The van der Waals surface area contributed by atoms with E-state index >= 15 is 0 Å². The number of aromatic nitrogens is 2. The molecule has 25 heavy (non-hydrogen) atoms. The quantitative estimate of drug-likeness (QED) is 0.767. The molecule has 3 aromatic rings. The summed E-state index contributed by atoms with van der Waals surface area (Å²) in [6.07, 6.45) is 2.25. The van der Waals surface area contributed by atoms with E-state index in [1.165, 1.54) is 5.56 Å². The number of hydrogen-bond donors (Lipinski definition) is 2. The minimum Gasteiger partial charge on any atom is -0.376 e. The van der Waals surface area contributed by atoms with Gasteiger partial charge >= 0.3 is 0 Å². The molecule has 2 heterocycles. The Morgan fingerprint density at radius 1 is 1.28 bits per heavy atom. The Bertz CT molecular complexity index is 893. The molecule has 5 heteroatoms. The maximum Gasteiger partial charge on any atom is 0.251 e. The van der Waals surface area contributed by atoms with E-state index in [9.17, 15) is 4.79 Å². The molecule has 0 bridgehead atoms. The average molecular weight is 335 g/mol. The highest BCUT2D eigenvalue weighted by molar-refractivity contribution is 5.94. The molecule has 0 aliphatic carbocycles. The topological polar surface area (TPSA) is 67.0 Å². The summed E-state index contributed by atoms with van der Waals surface area (Å²) in [4.78, 5) is 20.2. The molecule has 1 aromatic heterocycles. The molecule has 1 fully saturated rings. The van der Waals surface area contributed by atoms with E-state index in [0.29, 0.717) is 12.1 Å². The van der Waals surface area contributed by atoms with E-state index in [1.54, 1.807) is 0 Å². The molecule has 128 valence electrons. The highest BCUT2D eigenvalue weighted by Crippen LogP contribution is 2.21. The number of amides is 1. The third-order valence-corrected chi connectivity index (χ3v) is 4.57. The first-order chi connectivity index (χ1) is 12.2. The minimum absolute atomic E-state index is 0.0673. The van der Waals surface area contributed by atoms with Gasteiger partial charge in [0.05, 0.1) is 17.1 Å². The van der Waals surface area contributed by atoms with Crippen molar-refractivity contribution >= 4 is 16.9 Å². The fourth-order valence-corrected chi connectivity index (χ4v) is 3.15. The van der Waals surface area contributed by atoms with Gasteiger partial charge in [-0.3, -0.25) is 4.79 Å². The second-order valence-corrected chi connectivity index (χ2v) is 6.53. The van der Waals surface area contributed by atoms with Crippen molar-refractivity contribution in [3.8, 4) is 11.4 Å². The van der Waals surface area contributed by atoms with Gasteiger partial charge in [0, 0.05) is 24.3 Å². The van der Waals surface area contributed by atoms with E-state index in [0.717, 1.165) is 41.9 Å². The summed E-state index contributed by atoms with van der Waals surface area (Å²) in [6.45, 7) is 3.43. The van der Waals surface area contributed by atoms with Crippen molar-refractivity contribution in [2.24, 2.45) is 0 Å². The molecule has 2 aromatic carbocycles. The van der Waals surface area contributed by atoms with Crippen LogP contribution in [0.5, 0.6) is 0 Å². The van der Waals surface area contributed by atoms with Crippen LogP contribution in [0.2, 0.25) is 0 Å². The number of aryl methyl sites for hydroxylation is 1. The maximum absolute atomic E-state index is 12.2. The smallest absolute Gasteiger partial charge is 0.251 e. The number of rotatable bonds is 4. The zero-order chi connectivity index (χ0) is 17.2. The lowest BCUT2D eigenvalue weighted by molar-refractivity contribution is 0.0858. The van der Waals surface area contributed by atoms with Crippen LogP contribution in [0, 0.1) is 6.92 Å². The number of imidazole rings is 1. The van der Waals surface area contributed by atoms with Gasteiger partial charge in [0.25, 0.3) is 5.91 Å². The molecule has 1 atom stereocenters. The van der Waals surface area contributed by atoms with Gasteiger partial charge in [0.1, 0.15) is 5.82 Å². The lowest BCUT2D eigenvalue weighted by Gasteiger charge is -2.10. The third-order valence-electron chi connectivity index (χ3n) is 4.57. The second kappa shape index (κ2) is 6.69. The zero-order valence-electron chi connectivity index (χ0n) is 14.2. The van der Waals surface area contributed by atoms with Gasteiger partial charge in [-0.2, -0.15) is 0 Å². The molecule has 2 N–H and O–H groups in total. The first-order valence-corrected chi connectivity index (χ1v) is 8.66. The largest absolute Gasteiger partial charge is 0.376 e. The number of nitrogens with zero attached hydrogens (tertiary/aromatic N) is 1. The van der Waals surface area contributed by atoms with Crippen molar-refractivity contribution < 1.29 is 9.53 Å². The van der Waals surface area contributed by atoms with Gasteiger partial charge in [0.15, 0.2) is 0 Å². The first kappa shape index (κ1) is 15.8. The highest BCUT2D eigenvalue weighted by atomic mass is 16.5. The summed E-state index contributed by atoms with van der Waals surface area (Å²) >= 11 is 0. The van der Waals surface area contributed by atoms with Crippen molar-refractivity contribution in [2.75, 3.05) is 13.2 Å². The normalized spacial score (nSPS) is 17.1. The van der Waals surface area contributed by atoms with Crippen molar-refractivity contribution in [2.45, 2.75) is 25.9 Å². The average Bonchev–Trinajstić information content (AvgIpc) is 3.29. The van der Waals surface area contributed by atoms with E-state index in [4.69, 9.17) is 4.74 Å². The zero-order valence-corrected chi connectivity index (χ0v) is 14.2. The Balaban J connectivity index is 1.47. The third kappa shape index (κ3) is 3.42. The number of H-pyrrole nitrogens is 1. The van der Waals surface area contributed by atoms with Crippen molar-refractivity contribution in [1.29, 1.82) is 0 Å².